The molecule has 1 aromatic rings. The molecule has 0 saturated heterocycles. The van der Waals surface area contributed by atoms with Gasteiger partial charge in [-0.2, -0.15) is 5.10 Å². The predicted octanol–water partition coefficient (Wildman–Crippen LogP) is 1.81. The van der Waals surface area contributed by atoms with Crippen molar-refractivity contribution in [2.45, 2.75) is 44.7 Å². The first-order chi connectivity index (χ1) is 8.29. The number of aliphatic hydroxyl groups is 1. The van der Waals surface area contributed by atoms with Gasteiger partial charge in [-0.15, -0.1) is 0 Å². The second-order valence-electron chi connectivity index (χ2n) is 5.04. The van der Waals surface area contributed by atoms with Crippen LogP contribution in [-0.2, 0) is 6.54 Å². The van der Waals surface area contributed by atoms with E-state index in [1.165, 1.54) is 32.1 Å². The van der Waals surface area contributed by atoms with Crippen molar-refractivity contribution in [2.24, 2.45) is 0 Å². The van der Waals surface area contributed by atoms with Crippen LogP contribution >= 0.6 is 0 Å². The molecule has 1 N–H and O–H groups in total. The molecule has 1 saturated carbocycles. The van der Waals surface area contributed by atoms with E-state index in [0.29, 0.717) is 12.6 Å². The van der Waals surface area contributed by atoms with Gasteiger partial charge in [-0.3, -0.25) is 9.58 Å². The Morgan fingerprint density at radius 2 is 2.18 bits per heavy atom. The van der Waals surface area contributed by atoms with Crippen LogP contribution in [-0.4, -0.2) is 40.0 Å². The van der Waals surface area contributed by atoms with Gasteiger partial charge < -0.3 is 5.11 Å². The van der Waals surface area contributed by atoms with E-state index >= 15 is 0 Å². The monoisotopic (exact) mass is 237 g/mol. The maximum atomic E-state index is 8.86. The number of likely N-dealkylation sites (N-methyl/N-ethyl adjacent to an activating group) is 1. The van der Waals surface area contributed by atoms with Crippen molar-refractivity contribution in [1.29, 1.82) is 0 Å². The van der Waals surface area contributed by atoms with E-state index in [1.54, 1.807) is 0 Å². The van der Waals surface area contributed by atoms with Crippen molar-refractivity contribution in [3.05, 3.63) is 18.0 Å². The Balaban J connectivity index is 1.90. The van der Waals surface area contributed by atoms with E-state index in [-0.39, 0.29) is 6.61 Å². The number of aromatic nitrogens is 2. The third kappa shape index (κ3) is 3.54. The lowest BCUT2D eigenvalue weighted by Gasteiger charge is -2.22. The molecule has 0 aromatic carbocycles. The highest BCUT2D eigenvalue weighted by Crippen LogP contribution is 2.27. The first-order valence-corrected chi connectivity index (χ1v) is 6.63. The molecular weight excluding hydrogens is 214 g/mol. The Morgan fingerprint density at radius 3 is 2.88 bits per heavy atom. The average molecular weight is 237 g/mol. The molecule has 1 fully saturated rings. The Morgan fingerprint density at radius 1 is 1.41 bits per heavy atom. The fraction of sp³-hybridized carbons (Fsp3) is 0.769. The first kappa shape index (κ1) is 12.6. The number of hydrogen-bond donors (Lipinski definition) is 1. The summed E-state index contributed by atoms with van der Waals surface area (Å²) in [7, 11) is 2.01. The number of hydrogen-bond acceptors (Lipinski definition) is 3. The molecule has 1 heterocycles. The summed E-state index contributed by atoms with van der Waals surface area (Å²) in [5.74, 6) is 0. The summed E-state index contributed by atoms with van der Waals surface area (Å²) >= 11 is 0. The average Bonchev–Trinajstić information content (AvgIpc) is 2.79. The zero-order valence-corrected chi connectivity index (χ0v) is 10.7. The van der Waals surface area contributed by atoms with Crippen LogP contribution in [0.4, 0.5) is 0 Å². The molecule has 96 valence electrons. The molecule has 0 atom stereocenters. The lowest BCUT2D eigenvalue weighted by Crippen LogP contribution is -2.22. The highest BCUT2D eigenvalue weighted by Gasteiger charge is 2.16. The molecule has 0 radical (unpaired) electrons. The minimum Gasteiger partial charge on any atom is -0.395 e. The minimum atomic E-state index is 0.208. The minimum absolute atomic E-state index is 0.208. The van der Waals surface area contributed by atoms with Crippen molar-refractivity contribution in [3.8, 4) is 0 Å². The summed E-state index contributed by atoms with van der Waals surface area (Å²) in [6, 6.07) is 2.71. The molecule has 0 amide bonds. The largest absolute Gasteiger partial charge is 0.395 e. The Bertz CT molecular complexity index is 331. The highest BCUT2D eigenvalue weighted by atomic mass is 16.3. The summed E-state index contributed by atoms with van der Waals surface area (Å²) in [5, 5.41) is 13.5. The molecule has 1 aliphatic carbocycles. The van der Waals surface area contributed by atoms with Gasteiger partial charge in [0.1, 0.15) is 0 Å². The summed E-state index contributed by atoms with van der Waals surface area (Å²) in [6.45, 7) is 1.73. The molecule has 4 nitrogen and oxygen atoms in total. The van der Waals surface area contributed by atoms with Gasteiger partial charge in [0.2, 0.25) is 0 Å². The molecule has 0 unspecified atom stereocenters. The normalized spacial score (nSPS) is 17.8. The molecule has 4 heteroatoms. The quantitative estimate of drug-likeness (QED) is 0.849. The van der Waals surface area contributed by atoms with Crippen molar-refractivity contribution >= 4 is 0 Å². The fourth-order valence-corrected chi connectivity index (χ4v) is 2.54. The third-order valence-corrected chi connectivity index (χ3v) is 3.53. The second kappa shape index (κ2) is 6.17. The molecule has 2 rings (SSSR count). The van der Waals surface area contributed by atoms with E-state index < -0.39 is 0 Å². The predicted molar refractivity (Wildman–Crippen MR) is 67.8 cm³/mol. The summed E-state index contributed by atoms with van der Waals surface area (Å²) in [4.78, 5) is 2.09. The van der Waals surface area contributed by atoms with Crippen molar-refractivity contribution in [1.82, 2.24) is 14.7 Å². The summed E-state index contributed by atoms with van der Waals surface area (Å²) in [6.07, 6.45) is 8.71. The van der Waals surface area contributed by atoms with Crippen molar-refractivity contribution in [3.63, 3.8) is 0 Å². The van der Waals surface area contributed by atoms with E-state index in [4.69, 9.17) is 5.11 Å². The topological polar surface area (TPSA) is 41.3 Å². The first-order valence-electron chi connectivity index (χ1n) is 6.63. The van der Waals surface area contributed by atoms with Crippen molar-refractivity contribution in [2.75, 3.05) is 20.2 Å². The van der Waals surface area contributed by atoms with Gasteiger partial charge in [0.25, 0.3) is 0 Å². The van der Waals surface area contributed by atoms with Crippen LogP contribution in [0.25, 0.3) is 0 Å². The third-order valence-electron chi connectivity index (χ3n) is 3.53. The second-order valence-corrected chi connectivity index (χ2v) is 5.04. The Labute approximate surface area is 103 Å². The SMILES string of the molecule is CN(CCO)Cc1ccn(C2CCCCC2)n1. The highest BCUT2D eigenvalue weighted by molar-refractivity contribution is 4.99. The van der Waals surface area contributed by atoms with E-state index in [2.05, 4.69) is 26.9 Å². The lowest BCUT2D eigenvalue weighted by atomic mass is 9.96. The maximum Gasteiger partial charge on any atom is 0.0764 e. The van der Waals surface area contributed by atoms with Crippen LogP contribution in [0.15, 0.2) is 12.3 Å². The van der Waals surface area contributed by atoms with Crippen LogP contribution in [0.5, 0.6) is 0 Å². The van der Waals surface area contributed by atoms with E-state index in [1.807, 2.05) is 7.05 Å². The molecule has 17 heavy (non-hydrogen) atoms. The molecular formula is C13H23N3O. The van der Waals surface area contributed by atoms with Crippen LogP contribution in [0.2, 0.25) is 0 Å². The van der Waals surface area contributed by atoms with Gasteiger partial charge in [0.15, 0.2) is 0 Å². The van der Waals surface area contributed by atoms with Gasteiger partial charge in [-0.25, -0.2) is 0 Å². The van der Waals surface area contributed by atoms with Gasteiger partial charge in [0, 0.05) is 19.3 Å². The fourth-order valence-electron chi connectivity index (χ4n) is 2.54. The molecule has 0 aliphatic heterocycles. The zero-order chi connectivity index (χ0) is 12.1. The number of aliphatic hydroxyl groups excluding tert-OH is 1. The molecule has 1 aromatic heterocycles. The van der Waals surface area contributed by atoms with Gasteiger partial charge in [0.05, 0.1) is 18.3 Å². The van der Waals surface area contributed by atoms with Gasteiger partial charge >= 0.3 is 0 Å². The van der Waals surface area contributed by atoms with Crippen LogP contribution < -0.4 is 0 Å². The smallest absolute Gasteiger partial charge is 0.0764 e. The molecule has 1 aliphatic rings. The van der Waals surface area contributed by atoms with Crippen molar-refractivity contribution < 1.29 is 5.11 Å². The van der Waals surface area contributed by atoms with Crippen LogP contribution in [0.1, 0.15) is 43.8 Å². The summed E-state index contributed by atoms with van der Waals surface area (Å²) in [5.41, 5.74) is 1.10. The molecule has 0 spiro atoms. The number of nitrogens with zero attached hydrogens (tertiary/aromatic N) is 3. The molecule has 0 bridgehead atoms. The van der Waals surface area contributed by atoms with Gasteiger partial charge in [-0.1, -0.05) is 19.3 Å². The maximum absolute atomic E-state index is 8.86. The zero-order valence-electron chi connectivity index (χ0n) is 10.7. The lowest BCUT2D eigenvalue weighted by molar-refractivity contribution is 0.215. The van der Waals surface area contributed by atoms with Crippen LogP contribution in [0.3, 0.4) is 0 Å². The van der Waals surface area contributed by atoms with E-state index in [0.717, 1.165) is 12.2 Å². The van der Waals surface area contributed by atoms with Gasteiger partial charge in [-0.05, 0) is 26.0 Å². The van der Waals surface area contributed by atoms with Crippen LogP contribution in [0, 0.1) is 0 Å². The Kier molecular flexibility index (Phi) is 4.57. The standard InChI is InChI=1S/C13H23N3O/c1-15(9-10-17)11-12-7-8-16(14-12)13-5-3-2-4-6-13/h7-8,13,17H,2-6,9-11H2,1H3. The summed E-state index contributed by atoms with van der Waals surface area (Å²) < 4.78 is 2.14. The number of rotatable bonds is 5. The van der Waals surface area contributed by atoms with E-state index in [9.17, 15) is 0 Å². The Hall–Kier alpha value is -0.870.